The summed E-state index contributed by atoms with van der Waals surface area (Å²) in [5.74, 6) is -0.566. The molecule has 0 saturated carbocycles. The minimum atomic E-state index is -0.798. The highest BCUT2D eigenvalue weighted by atomic mass is 35.5. The Morgan fingerprint density at radius 3 is 2.43 bits per heavy atom. The molecule has 5 nitrogen and oxygen atoms in total. The molecule has 3 aromatic rings. The summed E-state index contributed by atoms with van der Waals surface area (Å²) in [6.07, 6.45) is 0.817. The number of nitrogens with zero attached hydrogens (tertiary/aromatic N) is 1. The molecule has 0 bridgehead atoms. The number of nitrogens with one attached hydrogen (secondary N) is 1. The van der Waals surface area contributed by atoms with Gasteiger partial charge in [-0.05, 0) is 41.8 Å². The number of carbonyl (C=O) groups is 2. The van der Waals surface area contributed by atoms with Crippen LogP contribution in [0.25, 0.3) is 0 Å². The maximum absolute atomic E-state index is 14.5. The van der Waals surface area contributed by atoms with Crippen molar-refractivity contribution in [3.8, 4) is 5.75 Å². The molecule has 0 aliphatic heterocycles. The van der Waals surface area contributed by atoms with Crippen molar-refractivity contribution in [2.45, 2.75) is 38.8 Å². The monoisotopic (exact) mass is 496 g/mol. The Hall–Kier alpha value is -3.38. The van der Waals surface area contributed by atoms with Gasteiger partial charge in [-0.25, -0.2) is 4.39 Å². The van der Waals surface area contributed by atoms with Crippen molar-refractivity contribution < 1.29 is 18.7 Å². The third kappa shape index (κ3) is 7.30. The molecule has 0 aromatic heterocycles. The van der Waals surface area contributed by atoms with Gasteiger partial charge < -0.3 is 15.0 Å². The van der Waals surface area contributed by atoms with Crippen LogP contribution in [0, 0.1) is 5.82 Å². The molecule has 0 radical (unpaired) electrons. The van der Waals surface area contributed by atoms with Crippen molar-refractivity contribution >= 4 is 23.4 Å². The Morgan fingerprint density at radius 2 is 1.74 bits per heavy atom. The van der Waals surface area contributed by atoms with Crippen molar-refractivity contribution in [2.75, 3.05) is 13.7 Å². The van der Waals surface area contributed by atoms with Gasteiger partial charge in [0.1, 0.15) is 17.6 Å². The molecule has 184 valence electrons. The molecule has 0 spiro atoms. The van der Waals surface area contributed by atoms with E-state index < -0.39 is 17.8 Å². The van der Waals surface area contributed by atoms with Gasteiger partial charge in [-0.1, -0.05) is 67.1 Å². The number of ether oxygens (including phenoxy) is 1. The SMILES string of the molecule is CCCNC(=O)[C@H](Cc1ccccc1)N(Cc1cccc(OC)c1)C(=O)Cc1c(F)cccc1Cl. The lowest BCUT2D eigenvalue weighted by molar-refractivity contribution is -0.140. The van der Waals surface area contributed by atoms with Crippen LogP contribution in [0.5, 0.6) is 5.75 Å². The van der Waals surface area contributed by atoms with Crippen molar-refractivity contribution in [1.29, 1.82) is 0 Å². The molecule has 35 heavy (non-hydrogen) atoms. The van der Waals surface area contributed by atoms with E-state index in [1.54, 1.807) is 13.2 Å². The third-order valence-electron chi connectivity index (χ3n) is 5.70. The molecule has 1 N–H and O–H groups in total. The van der Waals surface area contributed by atoms with E-state index in [-0.39, 0.29) is 29.5 Å². The molecule has 0 fully saturated rings. The smallest absolute Gasteiger partial charge is 0.243 e. The van der Waals surface area contributed by atoms with Gasteiger partial charge in [0.15, 0.2) is 0 Å². The second kappa shape index (κ2) is 12.9. The Bertz CT molecular complexity index is 1120. The first-order valence-electron chi connectivity index (χ1n) is 11.6. The standard InChI is InChI=1S/C28H30ClFN2O3/c1-3-15-31-28(34)26(17-20-9-5-4-6-10-20)32(19-21-11-7-12-22(16-21)35-2)27(33)18-23-24(29)13-8-14-25(23)30/h4-14,16,26H,3,15,17-19H2,1-2H3,(H,31,34)/t26-/m0/s1. The van der Waals surface area contributed by atoms with Crippen LogP contribution in [0.3, 0.4) is 0 Å². The maximum atomic E-state index is 14.5. The number of amides is 2. The first-order chi connectivity index (χ1) is 16.9. The molecule has 0 heterocycles. The summed E-state index contributed by atoms with van der Waals surface area (Å²) >= 11 is 6.21. The average Bonchev–Trinajstić information content (AvgIpc) is 2.87. The molecule has 7 heteroatoms. The fourth-order valence-corrected chi connectivity index (χ4v) is 4.07. The van der Waals surface area contributed by atoms with Gasteiger partial charge >= 0.3 is 0 Å². The third-order valence-corrected chi connectivity index (χ3v) is 6.05. The molecular weight excluding hydrogens is 467 g/mol. The summed E-state index contributed by atoms with van der Waals surface area (Å²) in [5, 5.41) is 3.10. The van der Waals surface area contributed by atoms with Crippen molar-refractivity contribution in [2.24, 2.45) is 0 Å². The van der Waals surface area contributed by atoms with Crippen LogP contribution in [0.4, 0.5) is 4.39 Å². The van der Waals surface area contributed by atoms with Crippen LogP contribution in [-0.2, 0) is 29.0 Å². The van der Waals surface area contributed by atoms with E-state index in [0.717, 1.165) is 17.5 Å². The van der Waals surface area contributed by atoms with Crippen molar-refractivity contribution in [1.82, 2.24) is 10.2 Å². The summed E-state index contributed by atoms with van der Waals surface area (Å²) in [5.41, 5.74) is 1.82. The summed E-state index contributed by atoms with van der Waals surface area (Å²) in [6.45, 7) is 2.61. The van der Waals surface area contributed by atoms with Gasteiger partial charge in [0, 0.05) is 30.1 Å². The number of rotatable bonds is 11. The lowest BCUT2D eigenvalue weighted by Crippen LogP contribution is -2.51. The van der Waals surface area contributed by atoms with Crippen LogP contribution in [0.15, 0.2) is 72.8 Å². The van der Waals surface area contributed by atoms with E-state index in [1.807, 2.05) is 61.5 Å². The van der Waals surface area contributed by atoms with Crippen LogP contribution in [-0.4, -0.2) is 36.4 Å². The van der Waals surface area contributed by atoms with Gasteiger partial charge in [-0.3, -0.25) is 9.59 Å². The van der Waals surface area contributed by atoms with Crippen LogP contribution >= 0.6 is 11.6 Å². The topological polar surface area (TPSA) is 58.6 Å². The minimum Gasteiger partial charge on any atom is -0.497 e. The first kappa shape index (κ1) is 26.2. The molecular formula is C28H30ClFN2O3. The lowest BCUT2D eigenvalue weighted by atomic mass is 10.0. The fraction of sp³-hybridized carbons (Fsp3) is 0.286. The zero-order chi connectivity index (χ0) is 25.2. The second-order valence-corrected chi connectivity index (χ2v) is 8.65. The largest absolute Gasteiger partial charge is 0.497 e. The Kier molecular flexibility index (Phi) is 9.67. The van der Waals surface area contributed by atoms with E-state index in [2.05, 4.69) is 5.32 Å². The molecule has 0 aliphatic rings. The summed E-state index contributed by atoms with van der Waals surface area (Å²) in [4.78, 5) is 28.5. The first-order valence-corrected chi connectivity index (χ1v) is 12.0. The lowest BCUT2D eigenvalue weighted by Gasteiger charge is -2.32. The fourth-order valence-electron chi connectivity index (χ4n) is 3.84. The second-order valence-electron chi connectivity index (χ2n) is 8.25. The van der Waals surface area contributed by atoms with Gasteiger partial charge in [-0.2, -0.15) is 0 Å². The van der Waals surface area contributed by atoms with E-state index in [9.17, 15) is 14.0 Å². The minimum absolute atomic E-state index is 0.113. The highest BCUT2D eigenvalue weighted by molar-refractivity contribution is 6.31. The number of halogens is 2. The molecule has 0 aliphatic carbocycles. The summed E-state index contributed by atoms with van der Waals surface area (Å²) in [6, 6.07) is 20.4. The zero-order valence-corrected chi connectivity index (χ0v) is 20.7. The Balaban J connectivity index is 2.00. The summed E-state index contributed by atoms with van der Waals surface area (Å²) in [7, 11) is 1.57. The van der Waals surface area contributed by atoms with Crippen molar-refractivity contribution in [3.05, 3.63) is 100 Å². The quantitative estimate of drug-likeness (QED) is 0.397. The number of carbonyl (C=O) groups excluding carboxylic acids is 2. The zero-order valence-electron chi connectivity index (χ0n) is 20.0. The van der Waals surface area contributed by atoms with E-state index in [0.29, 0.717) is 18.7 Å². The van der Waals surface area contributed by atoms with Gasteiger partial charge in [0.2, 0.25) is 11.8 Å². The molecule has 3 aromatic carbocycles. The predicted octanol–water partition coefficient (Wildman–Crippen LogP) is 5.20. The summed E-state index contributed by atoms with van der Waals surface area (Å²) < 4.78 is 19.9. The number of methoxy groups -OCH3 is 1. The van der Waals surface area contributed by atoms with Crippen molar-refractivity contribution in [3.63, 3.8) is 0 Å². The van der Waals surface area contributed by atoms with E-state index in [4.69, 9.17) is 16.3 Å². The number of hydrogen-bond acceptors (Lipinski definition) is 3. The Labute approximate surface area is 210 Å². The Morgan fingerprint density at radius 1 is 1.03 bits per heavy atom. The highest BCUT2D eigenvalue weighted by Crippen LogP contribution is 2.23. The molecule has 3 rings (SSSR count). The molecule has 0 saturated heterocycles. The van der Waals surface area contributed by atoms with E-state index in [1.165, 1.54) is 17.0 Å². The number of hydrogen-bond donors (Lipinski definition) is 1. The van der Waals surface area contributed by atoms with Gasteiger partial charge in [-0.15, -0.1) is 0 Å². The van der Waals surface area contributed by atoms with Crippen LogP contribution in [0.1, 0.15) is 30.0 Å². The maximum Gasteiger partial charge on any atom is 0.243 e. The number of benzene rings is 3. The van der Waals surface area contributed by atoms with Crippen LogP contribution in [0.2, 0.25) is 5.02 Å². The highest BCUT2D eigenvalue weighted by Gasteiger charge is 2.31. The van der Waals surface area contributed by atoms with Crippen LogP contribution < -0.4 is 10.1 Å². The molecule has 0 unspecified atom stereocenters. The normalized spacial score (nSPS) is 11.5. The predicted molar refractivity (Wildman–Crippen MR) is 136 cm³/mol. The molecule has 1 atom stereocenters. The average molecular weight is 497 g/mol. The van der Waals surface area contributed by atoms with E-state index >= 15 is 0 Å². The van der Waals surface area contributed by atoms with Gasteiger partial charge in [0.05, 0.1) is 13.5 Å². The van der Waals surface area contributed by atoms with Gasteiger partial charge in [0.25, 0.3) is 0 Å². The molecule has 2 amide bonds.